The molecule has 0 saturated carbocycles. The first-order valence-electron chi connectivity index (χ1n) is 9.15. The van der Waals surface area contributed by atoms with Crippen LogP contribution in [-0.4, -0.2) is 29.8 Å². The summed E-state index contributed by atoms with van der Waals surface area (Å²) >= 11 is 0. The number of carbonyl (C=O) groups excluding carboxylic acids is 2. The molecule has 0 aliphatic carbocycles. The highest BCUT2D eigenvalue weighted by Gasteiger charge is 2.29. The molecule has 0 bridgehead atoms. The van der Waals surface area contributed by atoms with Gasteiger partial charge in [-0.1, -0.05) is 12.1 Å². The van der Waals surface area contributed by atoms with Crippen molar-refractivity contribution in [3.05, 3.63) is 71.0 Å². The second kappa shape index (κ2) is 8.46. The summed E-state index contributed by atoms with van der Waals surface area (Å²) in [6.45, 7) is 2.40. The van der Waals surface area contributed by atoms with Gasteiger partial charge in [-0.15, -0.1) is 0 Å². The van der Waals surface area contributed by atoms with E-state index in [0.717, 1.165) is 12.1 Å². The molecule has 1 unspecified atom stereocenters. The highest BCUT2D eigenvalue weighted by Crippen LogP contribution is 2.22. The van der Waals surface area contributed by atoms with Crippen molar-refractivity contribution >= 4 is 11.8 Å². The van der Waals surface area contributed by atoms with Crippen molar-refractivity contribution in [1.82, 2.24) is 10.2 Å². The van der Waals surface area contributed by atoms with E-state index in [0.29, 0.717) is 37.6 Å². The van der Waals surface area contributed by atoms with E-state index < -0.39 is 17.5 Å². The number of rotatable bonds is 4. The number of amides is 2. The van der Waals surface area contributed by atoms with E-state index in [1.165, 1.54) is 17.0 Å². The Labute approximate surface area is 161 Å². The predicted octanol–water partition coefficient (Wildman–Crippen LogP) is 3.83. The second-order valence-corrected chi connectivity index (χ2v) is 6.98. The molecular formula is C21H21F3N2O2. The van der Waals surface area contributed by atoms with Crippen molar-refractivity contribution in [1.29, 1.82) is 0 Å². The Kier molecular flexibility index (Phi) is 6.02. The van der Waals surface area contributed by atoms with Crippen LogP contribution in [-0.2, 0) is 4.79 Å². The third kappa shape index (κ3) is 4.52. The summed E-state index contributed by atoms with van der Waals surface area (Å²) in [6.07, 6.45) is 0.881. The Morgan fingerprint density at radius 1 is 1.04 bits per heavy atom. The fourth-order valence-electron chi connectivity index (χ4n) is 3.37. The molecule has 1 fully saturated rings. The Morgan fingerprint density at radius 3 is 2.36 bits per heavy atom. The van der Waals surface area contributed by atoms with Crippen LogP contribution in [0.15, 0.2) is 42.5 Å². The standard InChI is InChI=1S/C21H21F3N2O2/c1-13(15-3-2-4-16(22)11-15)25-20(27)14-7-9-26(10-8-14)21(28)18-6-5-17(23)12-19(18)24/h2-6,11-14H,7-10H2,1H3,(H,25,27). The largest absolute Gasteiger partial charge is 0.349 e. The van der Waals surface area contributed by atoms with Gasteiger partial charge in [0.2, 0.25) is 5.91 Å². The van der Waals surface area contributed by atoms with Gasteiger partial charge in [-0.05, 0) is 49.6 Å². The van der Waals surface area contributed by atoms with Gasteiger partial charge in [0, 0.05) is 25.1 Å². The molecular weight excluding hydrogens is 369 g/mol. The molecule has 148 valence electrons. The molecule has 1 N–H and O–H groups in total. The topological polar surface area (TPSA) is 49.4 Å². The quantitative estimate of drug-likeness (QED) is 0.863. The molecule has 3 rings (SSSR count). The number of hydrogen-bond donors (Lipinski definition) is 1. The maximum atomic E-state index is 13.8. The third-order valence-corrected chi connectivity index (χ3v) is 5.02. The van der Waals surface area contributed by atoms with Gasteiger partial charge >= 0.3 is 0 Å². The lowest BCUT2D eigenvalue weighted by molar-refractivity contribution is -0.127. The lowest BCUT2D eigenvalue weighted by atomic mass is 9.94. The van der Waals surface area contributed by atoms with E-state index in [4.69, 9.17) is 0 Å². The van der Waals surface area contributed by atoms with Gasteiger partial charge in [0.15, 0.2) is 0 Å². The average Bonchev–Trinajstić information content (AvgIpc) is 2.67. The van der Waals surface area contributed by atoms with Crippen LogP contribution in [0.2, 0.25) is 0 Å². The van der Waals surface area contributed by atoms with E-state index in [-0.39, 0.29) is 29.2 Å². The number of hydrogen-bond acceptors (Lipinski definition) is 2. The van der Waals surface area contributed by atoms with Gasteiger partial charge in [0.05, 0.1) is 11.6 Å². The number of halogens is 3. The first-order chi connectivity index (χ1) is 13.3. The Bertz CT molecular complexity index is 880. The zero-order valence-corrected chi connectivity index (χ0v) is 15.4. The van der Waals surface area contributed by atoms with Crippen molar-refractivity contribution in [2.45, 2.75) is 25.8 Å². The Hall–Kier alpha value is -2.83. The zero-order chi connectivity index (χ0) is 20.3. The maximum absolute atomic E-state index is 13.8. The fraction of sp³-hybridized carbons (Fsp3) is 0.333. The SMILES string of the molecule is CC(NC(=O)C1CCN(C(=O)c2ccc(F)cc2F)CC1)c1cccc(F)c1. The van der Waals surface area contributed by atoms with Crippen LogP contribution >= 0.6 is 0 Å². The Morgan fingerprint density at radius 2 is 1.71 bits per heavy atom. The van der Waals surface area contributed by atoms with Crippen molar-refractivity contribution in [2.75, 3.05) is 13.1 Å². The maximum Gasteiger partial charge on any atom is 0.256 e. The van der Waals surface area contributed by atoms with Gasteiger partial charge in [-0.25, -0.2) is 13.2 Å². The van der Waals surface area contributed by atoms with E-state index in [1.54, 1.807) is 19.1 Å². The monoisotopic (exact) mass is 390 g/mol. The molecule has 0 spiro atoms. The minimum Gasteiger partial charge on any atom is -0.349 e. The number of nitrogens with zero attached hydrogens (tertiary/aromatic N) is 1. The Balaban J connectivity index is 1.55. The number of benzene rings is 2. The lowest BCUT2D eigenvalue weighted by Gasteiger charge is -2.32. The summed E-state index contributed by atoms with van der Waals surface area (Å²) in [5.41, 5.74) is 0.497. The van der Waals surface area contributed by atoms with E-state index in [2.05, 4.69) is 5.32 Å². The van der Waals surface area contributed by atoms with Gasteiger partial charge in [-0.3, -0.25) is 9.59 Å². The highest BCUT2D eigenvalue weighted by molar-refractivity contribution is 5.94. The minimum absolute atomic E-state index is 0.156. The molecule has 2 aromatic carbocycles. The van der Waals surface area contributed by atoms with Gasteiger partial charge in [0.1, 0.15) is 17.5 Å². The van der Waals surface area contributed by atoms with Crippen molar-refractivity contribution in [2.24, 2.45) is 5.92 Å². The first kappa shape index (κ1) is 19.9. The smallest absolute Gasteiger partial charge is 0.256 e. The lowest BCUT2D eigenvalue weighted by Crippen LogP contribution is -2.43. The first-order valence-corrected chi connectivity index (χ1v) is 9.15. The predicted molar refractivity (Wildman–Crippen MR) is 97.9 cm³/mol. The molecule has 0 radical (unpaired) electrons. The van der Waals surface area contributed by atoms with Crippen LogP contribution in [0.5, 0.6) is 0 Å². The normalized spacial score (nSPS) is 15.9. The van der Waals surface area contributed by atoms with Crippen LogP contribution in [0.1, 0.15) is 41.7 Å². The zero-order valence-electron chi connectivity index (χ0n) is 15.4. The molecule has 1 heterocycles. The summed E-state index contributed by atoms with van der Waals surface area (Å²) < 4.78 is 40.2. The van der Waals surface area contributed by atoms with Crippen LogP contribution < -0.4 is 5.32 Å². The van der Waals surface area contributed by atoms with Crippen molar-refractivity contribution in [3.8, 4) is 0 Å². The molecule has 1 aliphatic heterocycles. The van der Waals surface area contributed by atoms with E-state index in [9.17, 15) is 22.8 Å². The number of piperidine rings is 1. The molecule has 4 nitrogen and oxygen atoms in total. The van der Waals surface area contributed by atoms with Gasteiger partial charge in [-0.2, -0.15) is 0 Å². The second-order valence-electron chi connectivity index (χ2n) is 6.98. The molecule has 1 aliphatic rings. The molecule has 7 heteroatoms. The number of likely N-dealkylation sites (tertiary alicyclic amines) is 1. The van der Waals surface area contributed by atoms with Crippen LogP contribution in [0, 0.1) is 23.4 Å². The van der Waals surface area contributed by atoms with Crippen LogP contribution in [0.4, 0.5) is 13.2 Å². The summed E-state index contributed by atoms with van der Waals surface area (Å²) in [5.74, 6) is -2.94. The summed E-state index contributed by atoms with van der Waals surface area (Å²) in [5, 5.41) is 2.87. The van der Waals surface area contributed by atoms with E-state index >= 15 is 0 Å². The molecule has 2 amide bonds. The summed E-state index contributed by atoms with van der Waals surface area (Å²) in [7, 11) is 0. The molecule has 1 atom stereocenters. The molecule has 1 saturated heterocycles. The molecule has 2 aromatic rings. The van der Waals surface area contributed by atoms with Gasteiger partial charge in [0.25, 0.3) is 5.91 Å². The minimum atomic E-state index is -0.895. The van der Waals surface area contributed by atoms with Crippen LogP contribution in [0.25, 0.3) is 0 Å². The molecule has 0 aromatic heterocycles. The summed E-state index contributed by atoms with van der Waals surface area (Å²) in [4.78, 5) is 26.4. The average molecular weight is 390 g/mol. The third-order valence-electron chi connectivity index (χ3n) is 5.02. The molecule has 28 heavy (non-hydrogen) atoms. The van der Waals surface area contributed by atoms with Crippen LogP contribution in [0.3, 0.4) is 0 Å². The fourth-order valence-corrected chi connectivity index (χ4v) is 3.37. The summed E-state index contributed by atoms with van der Waals surface area (Å²) in [6, 6.07) is 8.57. The highest BCUT2D eigenvalue weighted by atomic mass is 19.1. The number of carbonyl (C=O) groups is 2. The number of nitrogens with one attached hydrogen (secondary N) is 1. The van der Waals surface area contributed by atoms with Crippen molar-refractivity contribution < 1.29 is 22.8 Å². The van der Waals surface area contributed by atoms with Gasteiger partial charge < -0.3 is 10.2 Å². The van der Waals surface area contributed by atoms with E-state index in [1.807, 2.05) is 0 Å². The van der Waals surface area contributed by atoms with Crippen molar-refractivity contribution in [3.63, 3.8) is 0 Å².